The van der Waals surface area contributed by atoms with E-state index in [0.717, 1.165) is 36.4 Å². The van der Waals surface area contributed by atoms with Crippen LogP contribution in [0.5, 0.6) is 0 Å². The maximum atomic E-state index is 16.9. The van der Waals surface area contributed by atoms with E-state index < -0.39 is 224 Å². The molecule has 74 heavy (non-hydrogen) atoms. The van der Waals surface area contributed by atoms with E-state index in [4.69, 9.17) is 0 Å². The molecule has 0 fully saturated rings. The third-order valence-corrected chi connectivity index (χ3v) is 11.4. The van der Waals surface area contributed by atoms with Gasteiger partial charge in [0.15, 0.2) is 122 Å². The molecule has 0 saturated carbocycles. The highest BCUT2D eigenvalue weighted by molar-refractivity contribution is 7.00. The van der Waals surface area contributed by atoms with Crippen LogP contribution in [-0.2, 0) is 0 Å². The lowest BCUT2D eigenvalue weighted by atomic mass is 9.29. The lowest BCUT2D eigenvalue weighted by molar-refractivity contribution is 0.374. The van der Waals surface area contributed by atoms with Gasteiger partial charge in [0.05, 0.1) is 16.7 Å². The molecule has 0 aliphatic carbocycles. The zero-order valence-electron chi connectivity index (χ0n) is 34.8. The zero-order chi connectivity index (χ0) is 54.6. The van der Waals surface area contributed by atoms with Crippen LogP contribution in [0.3, 0.4) is 0 Å². The summed E-state index contributed by atoms with van der Waals surface area (Å²) in [7, 11) is 0. The largest absolute Gasteiger partial charge is 0.252 e. The van der Waals surface area contributed by atoms with Crippen molar-refractivity contribution >= 4 is 39.9 Å². The van der Waals surface area contributed by atoms with Crippen molar-refractivity contribution in [1.82, 2.24) is 0 Å². The predicted octanol–water partition coefficient (Wildman–Crippen LogP) is 14.7. The number of hydrogen-bond acceptors (Lipinski definition) is 0. The molecule has 0 unspecified atom stereocenters. The molecule has 0 spiro atoms. The van der Waals surface area contributed by atoms with Gasteiger partial charge in [-0.05, 0) is 33.3 Å². The third kappa shape index (κ3) is 7.52. The summed E-state index contributed by atoms with van der Waals surface area (Å²) in [5.74, 6) is -85.6. The fourth-order valence-electron chi connectivity index (χ4n) is 8.30. The van der Waals surface area contributed by atoms with Crippen molar-refractivity contribution in [2.45, 2.75) is 0 Å². The fraction of sp³-hybridized carbons (Fsp3) is 0. The second-order valence-corrected chi connectivity index (χ2v) is 15.3. The maximum Gasteiger partial charge on any atom is 0.252 e. The Kier molecular flexibility index (Phi) is 13.3. The highest BCUT2D eigenvalue weighted by Crippen LogP contribution is 2.57. The number of halogens is 25. The Balaban J connectivity index is 1.98. The minimum absolute atomic E-state index is 0.695. The third-order valence-electron chi connectivity index (χ3n) is 11.4. The lowest BCUT2D eigenvalue weighted by Crippen LogP contribution is -2.45. The van der Waals surface area contributed by atoms with Crippen molar-refractivity contribution in [1.29, 1.82) is 0 Å². The molecule has 0 atom stereocenters. The van der Waals surface area contributed by atoms with Crippen LogP contribution in [0.15, 0.2) is 66.1 Å². The van der Waals surface area contributed by atoms with Crippen molar-refractivity contribution in [2.75, 3.05) is 0 Å². The van der Waals surface area contributed by atoms with Gasteiger partial charge >= 0.3 is 0 Å². The molecule has 1 aliphatic heterocycles. The Morgan fingerprint density at radius 3 is 0.757 bits per heavy atom. The average molecular weight is 1070 g/mol. The Bertz CT molecular complexity index is 3530. The number of benzene rings is 7. The van der Waals surface area contributed by atoms with E-state index in [-0.39, 0.29) is 0 Å². The van der Waals surface area contributed by atoms with Crippen LogP contribution in [0.2, 0.25) is 0 Å². The summed E-state index contributed by atoms with van der Waals surface area (Å²) in [6.07, 6.45) is 0. The average Bonchev–Trinajstić information content (AvgIpc) is 3.39. The molecule has 0 aromatic heterocycles. The van der Waals surface area contributed by atoms with Crippen molar-refractivity contribution < 1.29 is 110 Å². The van der Waals surface area contributed by atoms with E-state index in [1.807, 2.05) is 0 Å². The molecule has 26 heteroatoms. The Hall–Kier alpha value is -7.93. The molecular formula is C48H10BF25. The summed E-state index contributed by atoms with van der Waals surface area (Å²) < 4.78 is 400. The summed E-state index contributed by atoms with van der Waals surface area (Å²) in [6.45, 7) is -4.39. The predicted molar refractivity (Wildman–Crippen MR) is 209 cm³/mol. The summed E-state index contributed by atoms with van der Waals surface area (Å²) in [5.41, 5.74) is -33.4. The van der Waals surface area contributed by atoms with Crippen LogP contribution in [0.1, 0.15) is 33.4 Å². The van der Waals surface area contributed by atoms with E-state index >= 15 is 87.8 Å². The topological polar surface area (TPSA) is 0 Å². The fourth-order valence-corrected chi connectivity index (χ4v) is 8.30. The zero-order valence-corrected chi connectivity index (χ0v) is 34.8. The van der Waals surface area contributed by atoms with Gasteiger partial charge in [-0.3, -0.25) is 0 Å². The first kappa shape index (κ1) is 52.4. The van der Waals surface area contributed by atoms with Gasteiger partial charge in [0.25, 0.3) is 6.71 Å². The van der Waals surface area contributed by atoms with Crippen molar-refractivity contribution in [3.8, 4) is 0 Å². The normalized spacial score (nSPS) is 13.0. The number of allylic oxidation sites excluding steroid dienone is 4. The molecular weight excluding hydrogens is 1060 g/mol. The van der Waals surface area contributed by atoms with Crippen LogP contribution in [0.25, 0.3) is 27.8 Å². The molecule has 0 nitrogen and oxygen atoms in total. The summed E-state index contributed by atoms with van der Waals surface area (Å²) in [5, 5.41) is 0. The minimum Gasteiger partial charge on any atom is -0.204 e. The van der Waals surface area contributed by atoms with Crippen molar-refractivity contribution in [2.24, 2.45) is 0 Å². The maximum absolute atomic E-state index is 16.9. The van der Waals surface area contributed by atoms with Crippen LogP contribution < -0.4 is 5.46 Å². The molecule has 0 N–H and O–H groups in total. The van der Waals surface area contributed by atoms with Crippen LogP contribution >= 0.6 is 0 Å². The van der Waals surface area contributed by atoms with E-state index in [2.05, 4.69) is 0 Å². The van der Waals surface area contributed by atoms with Gasteiger partial charge in [-0.1, -0.05) is 66.1 Å². The van der Waals surface area contributed by atoms with Gasteiger partial charge in [0, 0.05) is 16.6 Å². The first-order valence-corrected chi connectivity index (χ1v) is 19.7. The SMILES string of the molecule is Fc1c(F)c(F)c(B2C(=C(c3ccccc3)c3ccccc3)C(c3c(F)c(F)c(F)c(F)c3F)=C(c3c(F)c(F)c(F)c(F)c3F)C(c3c(F)c(F)c(F)c(F)c3F)=C2c2c(F)c(F)c(F)c(F)c2F)c(F)c1F. The van der Waals surface area contributed by atoms with Gasteiger partial charge in [0.1, 0.15) is 0 Å². The standard InChI is InChI=1S/C48H10BF25/c50-24-17(25(51)35(61)44(70)34(24)60)14-15(18-26(52)36(62)45(71)37(63)27(18)53)21(13(11-7-3-1-4-8-11)12-9-5-2-6-10-12)49(23-32(58)42(68)48(74)43(69)33(23)59)22(20-30(56)40(66)47(73)41(67)31(20)57)16(14)19-28(54)38(64)46(72)39(65)29(19)55/h1-10H. The second-order valence-electron chi connectivity index (χ2n) is 15.3. The highest BCUT2D eigenvalue weighted by Gasteiger charge is 2.52. The van der Waals surface area contributed by atoms with Crippen LogP contribution in [-0.4, -0.2) is 6.71 Å². The van der Waals surface area contributed by atoms with E-state index in [1.165, 1.54) is 0 Å². The summed E-state index contributed by atoms with van der Waals surface area (Å²) in [6, 6.07) is 8.38. The van der Waals surface area contributed by atoms with Gasteiger partial charge in [-0.2, -0.15) is 0 Å². The Morgan fingerprint density at radius 1 is 0.230 bits per heavy atom. The molecule has 1 heterocycles. The van der Waals surface area contributed by atoms with Gasteiger partial charge in [0.2, 0.25) is 23.3 Å². The Morgan fingerprint density at radius 2 is 0.459 bits per heavy atom. The van der Waals surface area contributed by atoms with Gasteiger partial charge < -0.3 is 0 Å². The highest BCUT2D eigenvalue weighted by atomic mass is 19.2. The van der Waals surface area contributed by atoms with E-state index in [0.29, 0.717) is 24.3 Å². The van der Waals surface area contributed by atoms with Crippen molar-refractivity contribution in [3.63, 3.8) is 0 Å². The Labute approximate surface area is 394 Å². The molecule has 1 aliphatic rings. The molecule has 0 saturated heterocycles. The molecule has 380 valence electrons. The first-order valence-electron chi connectivity index (χ1n) is 19.7. The molecule has 0 radical (unpaired) electrons. The van der Waals surface area contributed by atoms with E-state index in [9.17, 15) is 22.0 Å². The number of rotatable bonds is 7. The second kappa shape index (κ2) is 18.8. The molecule has 7 aromatic rings. The summed E-state index contributed by atoms with van der Waals surface area (Å²) >= 11 is 0. The van der Waals surface area contributed by atoms with Gasteiger partial charge in [-0.25, -0.2) is 110 Å². The quantitative estimate of drug-likeness (QED) is 0.0646. The smallest absolute Gasteiger partial charge is 0.204 e. The van der Waals surface area contributed by atoms with Crippen LogP contribution in [0.4, 0.5) is 110 Å². The monoisotopic (exact) mass is 1070 g/mol. The molecule has 8 rings (SSSR count). The van der Waals surface area contributed by atoms with Crippen molar-refractivity contribution in [3.05, 3.63) is 245 Å². The number of hydrogen-bond donors (Lipinski definition) is 0. The molecule has 7 aromatic carbocycles. The minimum atomic E-state index is -4.39. The van der Waals surface area contributed by atoms with Gasteiger partial charge in [-0.15, -0.1) is 0 Å². The molecule has 0 amide bonds. The molecule has 0 bridgehead atoms. The first-order chi connectivity index (χ1) is 34.7. The lowest BCUT2D eigenvalue weighted by Gasteiger charge is -2.37. The van der Waals surface area contributed by atoms with E-state index in [1.54, 1.807) is 0 Å². The summed E-state index contributed by atoms with van der Waals surface area (Å²) in [4.78, 5) is 0. The van der Waals surface area contributed by atoms with Crippen LogP contribution in [0, 0.1) is 145 Å².